The van der Waals surface area contributed by atoms with Crippen LogP contribution in [0.1, 0.15) is 56.3 Å². The van der Waals surface area contributed by atoms with Crippen LogP contribution in [0.4, 0.5) is 5.69 Å². The van der Waals surface area contributed by atoms with E-state index in [1.807, 2.05) is 6.07 Å². The van der Waals surface area contributed by atoms with Gasteiger partial charge in [-0.2, -0.15) is 9.78 Å². The van der Waals surface area contributed by atoms with Crippen molar-refractivity contribution in [1.29, 1.82) is 0 Å². The van der Waals surface area contributed by atoms with Gasteiger partial charge in [-0.3, -0.25) is 19.7 Å². The standard InChI is InChI=1S/C23H20Br2N4O5/c1-13(30)34-21-15(9-17(25)11-20(21)29(32)33)12-26-28-22(14-5-3-2-4-6-14)27-19-8-7-16(24)10-18(19)23(28)31/h7-12,14H,2-6H2,1H3. The fraction of sp³-hybridized carbons (Fsp3) is 0.304. The molecule has 1 saturated carbocycles. The molecule has 0 radical (unpaired) electrons. The average Bonchev–Trinajstić information content (AvgIpc) is 2.80. The molecule has 1 fully saturated rings. The number of nitro benzene ring substituents is 1. The Labute approximate surface area is 211 Å². The molecule has 176 valence electrons. The minimum atomic E-state index is -0.711. The molecule has 4 rings (SSSR count). The monoisotopic (exact) mass is 590 g/mol. The summed E-state index contributed by atoms with van der Waals surface area (Å²) in [6.45, 7) is 1.16. The maximum absolute atomic E-state index is 13.5. The summed E-state index contributed by atoms with van der Waals surface area (Å²) in [6.07, 6.45) is 6.29. The van der Waals surface area contributed by atoms with Gasteiger partial charge < -0.3 is 4.74 Å². The highest BCUT2D eigenvalue weighted by Gasteiger charge is 2.24. The maximum atomic E-state index is 13.5. The van der Waals surface area contributed by atoms with Gasteiger partial charge in [-0.15, -0.1) is 0 Å². The summed E-state index contributed by atoms with van der Waals surface area (Å²) < 4.78 is 7.54. The largest absolute Gasteiger partial charge is 0.419 e. The second kappa shape index (κ2) is 10.1. The third-order valence-electron chi connectivity index (χ3n) is 5.62. The van der Waals surface area contributed by atoms with Crippen LogP contribution in [0, 0.1) is 10.1 Å². The Morgan fingerprint density at radius 2 is 1.94 bits per heavy atom. The van der Waals surface area contributed by atoms with E-state index >= 15 is 0 Å². The number of fused-ring (bicyclic) bond motifs is 1. The Bertz CT molecular complexity index is 1380. The van der Waals surface area contributed by atoms with Crippen molar-refractivity contribution in [3.63, 3.8) is 0 Å². The van der Waals surface area contributed by atoms with E-state index in [0.29, 0.717) is 21.2 Å². The zero-order valence-corrected chi connectivity index (χ0v) is 21.3. The van der Waals surface area contributed by atoms with Crippen LogP contribution in [0.5, 0.6) is 5.75 Å². The molecule has 34 heavy (non-hydrogen) atoms. The van der Waals surface area contributed by atoms with E-state index in [0.717, 1.165) is 43.5 Å². The van der Waals surface area contributed by atoms with Crippen LogP contribution in [0.25, 0.3) is 10.9 Å². The molecule has 1 aromatic heterocycles. The van der Waals surface area contributed by atoms with Crippen LogP contribution in [0.15, 0.2) is 49.2 Å². The van der Waals surface area contributed by atoms with E-state index in [4.69, 9.17) is 9.72 Å². The molecule has 0 N–H and O–H groups in total. The van der Waals surface area contributed by atoms with Crippen molar-refractivity contribution in [3.05, 3.63) is 71.1 Å². The highest BCUT2D eigenvalue weighted by atomic mass is 79.9. The first-order valence-corrected chi connectivity index (χ1v) is 12.3. The predicted octanol–water partition coefficient (Wildman–Crippen LogP) is 5.68. The van der Waals surface area contributed by atoms with Crippen LogP contribution < -0.4 is 10.3 Å². The average molecular weight is 592 g/mol. The van der Waals surface area contributed by atoms with Crippen LogP contribution in [0.2, 0.25) is 0 Å². The molecule has 0 atom stereocenters. The second-order valence-electron chi connectivity index (χ2n) is 8.02. The summed E-state index contributed by atoms with van der Waals surface area (Å²) in [6, 6.07) is 8.09. The molecule has 3 aromatic rings. The molecule has 2 aromatic carbocycles. The van der Waals surface area contributed by atoms with Gasteiger partial charge in [-0.05, 0) is 37.1 Å². The third-order valence-corrected chi connectivity index (χ3v) is 6.57. The number of carbonyl (C=O) groups excluding carboxylic acids is 1. The molecule has 11 heteroatoms. The summed E-state index contributed by atoms with van der Waals surface area (Å²) in [5, 5.41) is 16.4. The minimum absolute atomic E-state index is 0.0661. The number of carbonyl (C=O) groups is 1. The van der Waals surface area contributed by atoms with Crippen molar-refractivity contribution in [2.75, 3.05) is 0 Å². The Balaban J connectivity index is 1.91. The molecular weight excluding hydrogens is 572 g/mol. The smallest absolute Gasteiger partial charge is 0.313 e. The molecule has 1 aliphatic rings. The lowest BCUT2D eigenvalue weighted by Crippen LogP contribution is -2.25. The van der Waals surface area contributed by atoms with E-state index in [2.05, 4.69) is 37.0 Å². The summed E-state index contributed by atoms with van der Waals surface area (Å²) in [4.78, 5) is 40.8. The zero-order chi connectivity index (χ0) is 24.4. The van der Waals surface area contributed by atoms with E-state index in [1.165, 1.54) is 23.0 Å². The Hall–Kier alpha value is -2.92. The summed E-state index contributed by atoms with van der Waals surface area (Å²) in [5.41, 5.74) is 0.0131. The van der Waals surface area contributed by atoms with E-state index in [9.17, 15) is 19.7 Å². The number of hydrogen-bond donors (Lipinski definition) is 0. The molecule has 0 bridgehead atoms. The van der Waals surface area contributed by atoms with Gasteiger partial charge in [0, 0.05) is 33.4 Å². The molecule has 0 spiro atoms. The normalized spacial score (nSPS) is 14.6. The summed E-state index contributed by atoms with van der Waals surface area (Å²) >= 11 is 6.64. The van der Waals surface area contributed by atoms with Crippen LogP contribution >= 0.6 is 31.9 Å². The van der Waals surface area contributed by atoms with Crippen molar-refractivity contribution in [2.45, 2.75) is 44.9 Å². The van der Waals surface area contributed by atoms with Gasteiger partial charge in [0.05, 0.1) is 22.0 Å². The highest BCUT2D eigenvalue weighted by Crippen LogP contribution is 2.35. The van der Waals surface area contributed by atoms with Gasteiger partial charge in [-0.1, -0.05) is 51.1 Å². The van der Waals surface area contributed by atoms with Crippen molar-refractivity contribution in [2.24, 2.45) is 5.10 Å². The number of esters is 1. The molecule has 0 amide bonds. The lowest BCUT2D eigenvalue weighted by Gasteiger charge is -2.22. The Morgan fingerprint density at radius 3 is 2.62 bits per heavy atom. The lowest BCUT2D eigenvalue weighted by molar-refractivity contribution is -0.385. The lowest BCUT2D eigenvalue weighted by atomic mass is 9.88. The maximum Gasteiger partial charge on any atom is 0.313 e. The Kier molecular flexibility index (Phi) is 7.22. The number of nitro groups is 1. The second-order valence-corrected chi connectivity index (χ2v) is 9.85. The molecule has 0 unspecified atom stereocenters. The number of rotatable bonds is 5. The first-order valence-electron chi connectivity index (χ1n) is 10.7. The number of aromatic nitrogens is 2. The number of halogens is 2. The fourth-order valence-electron chi connectivity index (χ4n) is 4.11. The minimum Gasteiger partial charge on any atom is -0.419 e. The van der Waals surface area contributed by atoms with Gasteiger partial charge in [0.25, 0.3) is 5.56 Å². The van der Waals surface area contributed by atoms with Crippen molar-refractivity contribution >= 4 is 60.6 Å². The van der Waals surface area contributed by atoms with Crippen molar-refractivity contribution < 1.29 is 14.5 Å². The molecule has 9 nitrogen and oxygen atoms in total. The SMILES string of the molecule is CC(=O)Oc1c(C=Nn2c(C3CCCCC3)nc3ccc(Br)cc3c2=O)cc(Br)cc1[N+](=O)[O-]. The van der Waals surface area contributed by atoms with Gasteiger partial charge in [0.15, 0.2) is 0 Å². The fourth-order valence-corrected chi connectivity index (χ4v) is 4.93. The van der Waals surface area contributed by atoms with Crippen molar-refractivity contribution in [3.8, 4) is 5.75 Å². The molecule has 1 aliphatic carbocycles. The van der Waals surface area contributed by atoms with Crippen LogP contribution in [-0.4, -0.2) is 26.8 Å². The first-order chi connectivity index (χ1) is 16.2. The molecular formula is C23H20Br2N4O5. The zero-order valence-electron chi connectivity index (χ0n) is 18.2. The topological polar surface area (TPSA) is 117 Å². The van der Waals surface area contributed by atoms with Gasteiger partial charge in [0.1, 0.15) is 5.82 Å². The number of hydrogen-bond acceptors (Lipinski definition) is 7. The van der Waals surface area contributed by atoms with Crippen LogP contribution in [-0.2, 0) is 4.79 Å². The summed E-state index contributed by atoms with van der Waals surface area (Å²) in [5.74, 6) is -0.337. The van der Waals surface area contributed by atoms with E-state index < -0.39 is 16.6 Å². The first kappa shape index (κ1) is 24.2. The quantitative estimate of drug-likeness (QED) is 0.124. The summed E-state index contributed by atoms with van der Waals surface area (Å²) in [7, 11) is 0. The van der Waals surface area contributed by atoms with Crippen LogP contribution in [0.3, 0.4) is 0 Å². The van der Waals surface area contributed by atoms with E-state index in [1.54, 1.807) is 12.1 Å². The highest BCUT2D eigenvalue weighted by molar-refractivity contribution is 9.10. The van der Waals surface area contributed by atoms with Crippen molar-refractivity contribution in [1.82, 2.24) is 9.66 Å². The molecule has 0 saturated heterocycles. The number of benzene rings is 2. The van der Waals surface area contributed by atoms with Gasteiger partial charge in [-0.25, -0.2) is 4.98 Å². The Morgan fingerprint density at radius 1 is 1.21 bits per heavy atom. The van der Waals surface area contributed by atoms with Gasteiger partial charge in [0.2, 0.25) is 5.75 Å². The molecule has 0 aliphatic heterocycles. The number of ether oxygens (including phenoxy) is 1. The third kappa shape index (κ3) is 5.10. The molecule has 1 heterocycles. The van der Waals surface area contributed by atoms with E-state index in [-0.39, 0.29) is 22.8 Å². The number of nitrogens with zero attached hydrogens (tertiary/aromatic N) is 4. The van der Waals surface area contributed by atoms with Gasteiger partial charge >= 0.3 is 11.7 Å². The predicted molar refractivity (Wildman–Crippen MR) is 135 cm³/mol.